The molecule has 6 nitrogen and oxygen atoms in total. The third-order valence-corrected chi connectivity index (χ3v) is 6.83. The molecule has 2 N–H and O–H groups in total. The number of nitrogens with zero attached hydrogens (tertiary/aromatic N) is 2. The van der Waals surface area contributed by atoms with Gasteiger partial charge in [-0.2, -0.15) is 0 Å². The van der Waals surface area contributed by atoms with Crippen LogP contribution in [-0.4, -0.2) is 39.4 Å². The number of imidazole rings is 1. The molecule has 0 aliphatic heterocycles. The molecule has 2 heterocycles. The predicted molar refractivity (Wildman–Crippen MR) is 127 cm³/mol. The number of hydrogen-bond acceptors (Lipinski definition) is 4. The highest BCUT2D eigenvalue weighted by molar-refractivity contribution is 5.94. The van der Waals surface area contributed by atoms with Gasteiger partial charge >= 0.3 is 0 Å². The molecule has 0 unspecified atom stereocenters. The monoisotopic (exact) mass is 448 g/mol. The molecular weight excluding hydrogens is 419 g/mol. The van der Waals surface area contributed by atoms with Crippen LogP contribution < -0.4 is 5.32 Å². The number of carbonyl (C=O) groups is 1. The second kappa shape index (κ2) is 8.98. The van der Waals surface area contributed by atoms with Crippen LogP contribution in [0.1, 0.15) is 54.5 Å². The lowest BCUT2D eigenvalue weighted by molar-refractivity contribution is 0.0616. The Bertz CT molecular complexity index is 1290. The van der Waals surface area contributed by atoms with Gasteiger partial charge in [0.15, 0.2) is 5.82 Å². The zero-order valence-electron chi connectivity index (χ0n) is 19.0. The zero-order chi connectivity index (χ0) is 22.9. The van der Waals surface area contributed by atoms with Crippen LogP contribution in [0.4, 0.5) is 4.39 Å². The minimum atomic E-state index is -0.349. The quantitative estimate of drug-likeness (QED) is 0.419. The second-order valence-electron chi connectivity index (χ2n) is 8.88. The highest BCUT2D eigenvalue weighted by Gasteiger charge is 2.30. The fourth-order valence-corrected chi connectivity index (χ4v) is 5.05. The van der Waals surface area contributed by atoms with E-state index in [4.69, 9.17) is 4.42 Å². The van der Waals surface area contributed by atoms with Crippen molar-refractivity contribution >= 4 is 27.9 Å². The number of halogens is 1. The van der Waals surface area contributed by atoms with Crippen molar-refractivity contribution in [3.63, 3.8) is 0 Å². The molecule has 2 atom stereocenters. The van der Waals surface area contributed by atoms with Crippen LogP contribution in [0.2, 0.25) is 0 Å². The standard InChI is InChI=1S/C26H29FN4O2/c1-3-31(26(32)25-29-21-12-11-17(27)13-22(21)30-25)19-8-6-7-18(14-19)28-15-24-16(2)20-9-4-5-10-23(20)33-24/h4-5,9-13,18-19,28H,3,6-8,14-15H2,1-2H3,(H,29,30)/t18-,19+/m1/s1. The third kappa shape index (κ3) is 4.25. The van der Waals surface area contributed by atoms with Gasteiger partial charge in [-0.1, -0.05) is 18.2 Å². The molecular formula is C26H29FN4O2. The molecule has 7 heteroatoms. The molecule has 5 rings (SSSR count). The van der Waals surface area contributed by atoms with Gasteiger partial charge in [0, 0.05) is 24.0 Å². The maximum Gasteiger partial charge on any atom is 0.289 e. The minimum Gasteiger partial charge on any atom is -0.459 e. The van der Waals surface area contributed by atoms with E-state index in [9.17, 15) is 9.18 Å². The molecule has 1 saturated carbocycles. The largest absolute Gasteiger partial charge is 0.459 e. The number of nitrogens with one attached hydrogen (secondary N) is 2. The predicted octanol–water partition coefficient (Wildman–Crippen LogP) is 5.32. The average molecular weight is 449 g/mol. The van der Waals surface area contributed by atoms with E-state index in [0.717, 1.165) is 42.4 Å². The van der Waals surface area contributed by atoms with E-state index >= 15 is 0 Å². The number of carbonyl (C=O) groups excluding carboxylic acids is 1. The summed E-state index contributed by atoms with van der Waals surface area (Å²) >= 11 is 0. The Hall–Kier alpha value is -3.19. The summed E-state index contributed by atoms with van der Waals surface area (Å²) in [5, 5.41) is 4.81. The maximum atomic E-state index is 13.5. The van der Waals surface area contributed by atoms with Gasteiger partial charge in [0.25, 0.3) is 5.91 Å². The van der Waals surface area contributed by atoms with Crippen LogP contribution in [0.15, 0.2) is 46.9 Å². The summed E-state index contributed by atoms with van der Waals surface area (Å²) in [7, 11) is 0. The van der Waals surface area contributed by atoms with Crippen molar-refractivity contribution in [2.45, 2.75) is 58.2 Å². The molecule has 2 aromatic carbocycles. The van der Waals surface area contributed by atoms with Gasteiger partial charge in [0.2, 0.25) is 0 Å². The summed E-state index contributed by atoms with van der Waals surface area (Å²) in [6, 6.07) is 12.9. The molecule has 0 bridgehead atoms. The van der Waals surface area contributed by atoms with Gasteiger partial charge in [-0.25, -0.2) is 9.37 Å². The number of aromatic nitrogens is 2. The normalized spacial score (nSPS) is 18.8. The Morgan fingerprint density at radius 2 is 2.12 bits per heavy atom. The molecule has 1 fully saturated rings. The van der Waals surface area contributed by atoms with Crippen molar-refractivity contribution in [3.8, 4) is 0 Å². The molecule has 4 aromatic rings. The first kappa shape index (κ1) is 21.6. The Kier molecular flexibility index (Phi) is 5.89. The topological polar surface area (TPSA) is 74.2 Å². The van der Waals surface area contributed by atoms with Gasteiger partial charge in [-0.05, 0) is 69.4 Å². The van der Waals surface area contributed by atoms with E-state index in [-0.39, 0.29) is 23.6 Å². The van der Waals surface area contributed by atoms with E-state index in [0.29, 0.717) is 30.2 Å². The van der Waals surface area contributed by atoms with Gasteiger partial charge < -0.3 is 19.6 Å². The fourth-order valence-electron chi connectivity index (χ4n) is 5.05. The lowest BCUT2D eigenvalue weighted by atomic mass is 9.89. The molecule has 0 saturated heterocycles. The zero-order valence-corrected chi connectivity index (χ0v) is 19.0. The highest BCUT2D eigenvalue weighted by atomic mass is 19.1. The van der Waals surface area contributed by atoms with Crippen LogP contribution in [0.25, 0.3) is 22.0 Å². The summed E-state index contributed by atoms with van der Waals surface area (Å²) in [5.74, 6) is 0.757. The SMILES string of the molecule is CCN(C(=O)c1nc2ccc(F)cc2[nH]1)[C@H]1CCC[C@@H](NCc2oc3ccccc3c2C)C1. The first-order chi connectivity index (χ1) is 16.0. The number of amides is 1. The van der Waals surface area contributed by atoms with Crippen LogP contribution in [-0.2, 0) is 6.54 Å². The summed E-state index contributed by atoms with van der Waals surface area (Å²) < 4.78 is 19.6. The Morgan fingerprint density at radius 3 is 2.94 bits per heavy atom. The number of benzene rings is 2. The van der Waals surface area contributed by atoms with Crippen molar-refractivity contribution in [3.05, 3.63) is 65.4 Å². The number of aromatic amines is 1. The first-order valence-corrected chi connectivity index (χ1v) is 11.7. The molecule has 1 aliphatic carbocycles. The summed E-state index contributed by atoms with van der Waals surface area (Å²) in [6.07, 6.45) is 3.98. The number of furan rings is 1. The van der Waals surface area contributed by atoms with Gasteiger partial charge in [0.1, 0.15) is 17.2 Å². The Morgan fingerprint density at radius 1 is 1.27 bits per heavy atom. The van der Waals surface area contributed by atoms with Crippen LogP contribution in [0.3, 0.4) is 0 Å². The van der Waals surface area contributed by atoms with Gasteiger partial charge in [0.05, 0.1) is 17.6 Å². The number of fused-ring (bicyclic) bond motifs is 2. The Labute approximate surface area is 192 Å². The second-order valence-corrected chi connectivity index (χ2v) is 8.88. The third-order valence-electron chi connectivity index (χ3n) is 6.83. The fraction of sp³-hybridized carbons (Fsp3) is 0.385. The van der Waals surface area contributed by atoms with E-state index in [1.165, 1.54) is 17.7 Å². The van der Waals surface area contributed by atoms with E-state index < -0.39 is 0 Å². The number of H-pyrrole nitrogens is 1. The average Bonchev–Trinajstić information content (AvgIpc) is 3.39. The van der Waals surface area contributed by atoms with Gasteiger partial charge in [-0.15, -0.1) is 0 Å². The van der Waals surface area contributed by atoms with Gasteiger partial charge in [-0.3, -0.25) is 4.79 Å². The maximum absolute atomic E-state index is 13.5. The van der Waals surface area contributed by atoms with Crippen molar-refractivity contribution in [1.29, 1.82) is 0 Å². The smallest absolute Gasteiger partial charge is 0.289 e. The summed E-state index contributed by atoms with van der Waals surface area (Å²) in [6.45, 7) is 5.37. The number of hydrogen-bond donors (Lipinski definition) is 2. The van der Waals surface area contributed by atoms with Crippen molar-refractivity contribution in [2.75, 3.05) is 6.54 Å². The number of para-hydroxylation sites is 1. The van der Waals surface area contributed by atoms with Crippen molar-refractivity contribution < 1.29 is 13.6 Å². The van der Waals surface area contributed by atoms with E-state index in [2.05, 4.69) is 28.3 Å². The lowest BCUT2D eigenvalue weighted by Gasteiger charge is -2.37. The minimum absolute atomic E-state index is 0.132. The number of aryl methyl sites for hydroxylation is 1. The summed E-state index contributed by atoms with van der Waals surface area (Å²) in [4.78, 5) is 22.6. The van der Waals surface area contributed by atoms with E-state index in [1.807, 2.05) is 30.0 Å². The van der Waals surface area contributed by atoms with Crippen LogP contribution in [0, 0.1) is 12.7 Å². The molecule has 2 aromatic heterocycles. The van der Waals surface area contributed by atoms with Crippen LogP contribution >= 0.6 is 0 Å². The Balaban J connectivity index is 1.27. The molecule has 33 heavy (non-hydrogen) atoms. The molecule has 172 valence electrons. The lowest BCUT2D eigenvalue weighted by Crippen LogP contribution is -2.47. The molecule has 0 radical (unpaired) electrons. The van der Waals surface area contributed by atoms with Crippen molar-refractivity contribution in [1.82, 2.24) is 20.2 Å². The van der Waals surface area contributed by atoms with Crippen LogP contribution in [0.5, 0.6) is 0 Å². The van der Waals surface area contributed by atoms with Crippen molar-refractivity contribution in [2.24, 2.45) is 0 Å². The summed E-state index contributed by atoms with van der Waals surface area (Å²) in [5.41, 5.74) is 3.23. The first-order valence-electron chi connectivity index (χ1n) is 11.7. The molecule has 1 aliphatic rings. The van der Waals surface area contributed by atoms with E-state index in [1.54, 1.807) is 6.07 Å². The highest BCUT2D eigenvalue weighted by Crippen LogP contribution is 2.27. The molecule has 0 spiro atoms. The number of rotatable bonds is 6. The molecule has 1 amide bonds.